The molecule has 4 aliphatic heterocycles. The van der Waals surface area contributed by atoms with Gasteiger partial charge in [0.1, 0.15) is 48.8 Å². The van der Waals surface area contributed by atoms with Gasteiger partial charge >= 0.3 is 5.97 Å². The highest BCUT2D eigenvalue weighted by Gasteiger charge is 2.53. The van der Waals surface area contributed by atoms with Crippen molar-refractivity contribution in [3.8, 4) is 34.5 Å². The number of hydrogen-bond acceptors (Lipinski definition) is 18. The van der Waals surface area contributed by atoms with Crippen LogP contribution >= 0.6 is 0 Å². The molecule has 0 amide bonds. The zero-order valence-electron chi connectivity index (χ0n) is 28.4. The molecule has 0 aromatic heterocycles. The molecule has 52 heavy (non-hydrogen) atoms. The van der Waals surface area contributed by atoms with Gasteiger partial charge in [0.05, 0.1) is 47.1 Å². The maximum atomic E-state index is 13.3. The summed E-state index contributed by atoms with van der Waals surface area (Å²) in [6.07, 6.45) is -16.1. The summed E-state index contributed by atoms with van der Waals surface area (Å²) in [5, 5.41) is 73.3. The van der Waals surface area contributed by atoms with Crippen LogP contribution in [0.25, 0.3) is 0 Å². The Morgan fingerprint density at radius 3 is 2.08 bits per heavy atom. The normalized spacial score (nSPS) is 36.4. The fraction of sp³-hybridized carbons (Fsp3) is 0.618. The highest BCUT2D eigenvalue weighted by Crippen LogP contribution is 2.56. The van der Waals surface area contributed by atoms with Crippen LogP contribution in [0.1, 0.15) is 22.6 Å². The fourth-order valence-electron chi connectivity index (χ4n) is 7.75. The second kappa shape index (κ2) is 14.6. The Balaban J connectivity index is 1.24. The Bertz CT molecular complexity index is 1610. The molecular formula is C34H42O18. The first kappa shape index (κ1) is 36.7. The number of aliphatic hydroxyl groups is 7. The van der Waals surface area contributed by atoms with E-state index < -0.39 is 86.5 Å². The van der Waals surface area contributed by atoms with E-state index in [1.807, 2.05) is 0 Å². The van der Waals surface area contributed by atoms with Gasteiger partial charge in [-0.3, -0.25) is 4.79 Å². The van der Waals surface area contributed by atoms with Crippen LogP contribution in [0.2, 0.25) is 0 Å². The fourth-order valence-corrected chi connectivity index (χ4v) is 7.75. The van der Waals surface area contributed by atoms with E-state index in [1.54, 1.807) is 18.2 Å². The molecule has 0 saturated carbocycles. The molecule has 3 saturated heterocycles. The van der Waals surface area contributed by atoms with Crippen molar-refractivity contribution in [3.05, 3.63) is 34.9 Å². The van der Waals surface area contributed by atoms with Gasteiger partial charge in [0.25, 0.3) is 0 Å². The van der Waals surface area contributed by atoms with Crippen LogP contribution in [0.15, 0.2) is 18.2 Å². The molecule has 7 N–H and O–H groups in total. The van der Waals surface area contributed by atoms with Gasteiger partial charge in [-0.25, -0.2) is 0 Å². The summed E-state index contributed by atoms with van der Waals surface area (Å²) in [5.74, 6) is -0.253. The van der Waals surface area contributed by atoms with Crippen molar-refractivity contribution in [2.75, 3.05) is 47.9 Å². The van der Waals surface area contributed by atoms with Gasteiger partial charge in [0.15, 0.2) is 29.3 Å². The maximum Gasteiger partial charge on any atom is 0.310 e. The minimum atomic E-state index is -1.83. The highest BCUT2D eigenvalue weighted by molar-refractivity contribution is 5.79. The molecule has 3 fully saturated rings. The number of ether oxygens (including phenoxy) is 10. The molecule has 0 bridgehead atoms. The molecule has 0 radical (unpaired) electrons. The average molecular weight is 739 g/mol. The monoisotopic (exact) mass is 738 g/mol. The molecule has 286 valence electrons. The van der Waals surface area contributed by atoms with Gasteiger partial charge in [-0.2, -0.15) is 0 Å². The standard InChI is InChI=1S/C34H42O18/c1-43-16-5-12(6-17(44-2)29(16)45-3)21-14-7-18-31(48-11-47-18)28(15(14)4-13-10-46-32(42)22(13)21)51-34-27(41)25(39)30(20(9-36)50-34)52-33-26(40)24(38)23(37)19(8-35)49-33/h5-7,13,19-27,30,33-41H,4,8-11H2,1-3H3. The lowest BCUT2D eigenvalue weighted by molar-refractivity contribution is -0.352. The van der Waals surface area contributed by atoms with Crippen molar-refractivity contribution in [3.63, 3.8) is 0 Å². The molecule has 2 aromatic carbocycles. The van der Waals surface area contributed by atoms with Crippen LogP contribution < -0.4 is 28.4 Å². The number of fused-ring (bicyclic) bond motifs is 3. The summed E-state index contributed by atoms with van der Waals surface area (Å²) in [6.45, 7) is -1.52. The third kappa shape index (κ3) is 6.05. The molecule has 13 unspecified atom stereocenters. The van der Waals surface area contributed by atoms with Gasteiger partial charge in [0.2, 0.25) is 24.6 Å². The van der Waals surface area contributed by atoms with E-state index in [0.717, 1.165) is 0 Å². The molecule has 5 aliphatic rings. The third-order valence-electron chi connectivity index (χ3n) is 10.4. The van der Waals surface area contributed by atoms with E-state index in [9.17, 15) is 40.5 Å². The summed E-state index contributed by atoms with van der Waals surface area (Å²) in [5.41, 5.74) is 1.86. The second-order valence-electron chi connectivity index (χ2n) is 13.2. The molecule has 2 aromatic rings. The summed E-state index contributed by atoms with van der Waals surface area (Å²) >= 11 is 0. The Morgan fingerprint density at radius 2 is 1.42 bits per heavy atom. The van der Waals surface area contributed by atoms with Crippen molar-refractivity contribution in [2.24, 2.45) is 11.8 Å². The number of carbonyl (C=O) groups excluding carboxylic acids is 1. The lowest BCUT2D eigenvalue weighted by Gasteiger charge is -2.46. The van der Waals surface area contributed by atoms with Crippen LogP contribution in [0, 0.1) is 11.8 Å². The number of methoxy groups -OCH3 is 3. The second-order valence-corrected chi connectivity index (χ2v) is 13.2. The number of carbonyl (C=O) groups is 1. The van der Waals surface area contributed by atoms with Gasteiger partial charge in [0, 0.05) is 17.4 Å². The summed E-state index contributed by atoms with van der Waals surface area (Å²) in [6, 6.07) is 5.26. The van der Waals surface area contributed by atoms with E-state index >= 15 is 0 Å². The summed E-state index contributed by atoms with van der Waals surface area (Å²) < 4.78 is 57.3. The summed E-state index contributed by atoms with van der Waals surface area (Å²) in [4.78, 5) is 13.3. The molecule has 7 rings (SSSR count). The third-order valence-corrected chi connectivity index (χ3v) is 10.4. The van der Waals surface area contributed by atoms with Crippen molar-refractivity contribution in [2.45, 2.75) is 73.8 Å². The van der Waals surface area contributed by atoms with Crippen LogP contribution in [-0.2, 0) is 30.2 Å². The summed E-state index contributed by atoms with van der Waals surface area (Å²) in [7, 11) is 4.44. The first-order valence-electron chi connectivity index (χ1n) is 16.7. The molecule has 18 heteroatoms. The number of cyclic esters (lactones) is 1. The number of esters is 1. The topological polar surface area (TPSA) is 251 Å². The van der Waals surface area contributed by atoms with Crippen molar-refractivity contribution in [1.82, 2.24) is 0 Å². The Hall–Kier alpha value is -3.69. The van der Waals surface area contributed by atoms with Crippen LogP contribution in [0.4, 0.5) is 0 Å². The lowest BCUT2D eigenvalue weighted by Crippen LogP contribution is -2.65. The van der Waals surface area contributed by atoms with E-state index in [-0.39, 0.29) is 49.0 Å². The quantitative estimate of drug-likeness (QED) is 0.129. The first-order valence-corrected chi connectivity index (χ1v) is 16.7. The molecular weight excluding hydrogens is 696 g/mol. The molecule has 1 aliphatic carbocycles. The van der Waals surface area contributed by atoms with Crippen molar-refractivity contribution in [1.29, 1.82) is 0 Å². The minimum Gasteiger partial charge on any atom is -0.493 e. The largest absolute Gasteiger partial charge is 0.493 e. The van der Waals surface area contributed by atoms with E-state index in [1.165, 1.54) is 21.3 Å². The van der Waals surface area contributed by atoms with Crippen LogP contribution in [0.5, 0.6) is 34.5 Å². The maximum absolute atomic E-state index is 13.3. The Kier molecular flexibility index (Phi) is 10.3. The van der Waals surface area contributed by atoms with Gasteiger partial charge in [-0.15, -0.1) is 0 Å². The van der Waals surface area contributed by atoms with Crippen LogP contribution in [-0.4, -0.2) is 151 Å². The average Bonchev–Trinajstić information content (AvgIpc) is 3.78. The number of benzene rings is 2. The molecule has 13 atom stereocenters. The Labute approximate surface area is 296 Å². The van der Waals surface area contributed by atoms with E-state index in [4.69, 9.17) is 47.4 Å². The first-order chi connectivity index (χ1) is 25.0. The predicted octanol–water partition coefficient (Wildman–Crippen LogP) is -2.08. The lowest BCUT2D eigenvalue weighted by atomic mass is 9.67. The van der Waals surface area contributed by atoms with Crippen molar-refractivity contribution < 1.29 is 87.9 Å². The molecule has 0 spiro atoms. The minimum absolute atomic E-state index is 0.112. The van der Waals surface area contributed by atoms with Gasteiger partial charge in [-0.05, 0) is 35.7 Å². The van der Waals surface area contributed by atoms with E-state index in [0.29, 0.717) is 33.9 Å². The van der Waals surface area contributed by atoms with Gasteiger partial charge in [-0.1, -0.05) is 0 Å². The predicted molar refractivity (Wildman–Crippen MR) is 169 cm³/mol. The Morgan fingerprint density at radius 1 is 0.750 bits per heavy atom. The molecule has 4 heterocycles. The number of hydrogen-bond donors (Lipinski definition) is 7. The highest BCUT2D eigenvalue weighted by atomic mass is 16.7. The number of rotatable bonds is 10. The number of aliphatic hydroxyl groups excluding tert-OH is 7. The van der Waals surface area contributed by atoms with Crippen molar-refractivity contribution >= 4 is 5.97 Å². The van der Waals surface area contributed by atoms with Crippen LogP contribution in [0.3, 0.4) is 0 Å². The SMILES string of the molecule is COc1cc(C2c3cc4c(c(OC5OC(CO)C(OC6OC(CO)C(O)C(O)C6O)C(O)C5O)c3CC3COC(=O)C32)OCO4)cc(OC)c1OC. The van der Waals surface area contributed by atoms with E-state index in [2.05, 4.69) is 0 Å². The smallest absolute Gasteiger partial charge is 0.310 e. The zero-order valence-corrected chi connectivity index (χ0v) is 28.4. The zero-order chi connectivity index (χ0) is 37.0. The van der Waals surface area contributed by atoms with Gasteiger partial charge < -0.3 is 83.1 Å². The molecule has 18 nitrogen and oxygen atoms in total.